The van der Waals surface area contributed by atoms with E-state index in [1.807, 2.05) is 12.1 Å². The van der Waals surface area contributed by atoms with E-state index in [9.17, 15) is 10.0 Å². The standard InChI is InChI=1S/C17H19N3O4S/c1-2-4-15-19-13-10-20(23)14-9-11(5-6-12(14)16(13)25-15)24-8-3-7-18-17(21)22/h5-6,9-10,18H,2-4,7-8H2,1H3,(H,21,22). The zero-order valence-electron chi connectivity index (χ0n) is 13.8. The number of aromatic nitrogens is 2. The number of hydrogen-bond acceptors (Lipinski definition) is 5. The van der Waals surface area contributed by atoms with Crippen LogP contribution in [0.5, 0.6) is 5.75 Å². The smallest absolute Gasteiger partial charge is 0.404 e. The van der Waals surface area contributed by atoms with Crippen LogP contribution < -0.4 is 14.8 Å². The molecule has 1 aromatic carbocycles. The molecule has 7 nitrogen and oxygen atoms in total. The van der Waals surface area contributed by atoms with Gasteiger partial charge < -0.3 is 20.4 Å². The summed E-state index contributed by atoms with van der Waals surface area (Å²) in [7, 11) is 0. The van der Waals surface area contributed by atoms with Gasteiger partial charge in [0.05, 0.1) is 27.8 Å². The lowest BCUT2D eigenvalue weighted by Crippen LogP contribution is -2.26. The fourth-order valence-electron chi connectivity index (χ4n) is 2.59. The Morgan fingerprint density at radius 2 is 2.32 bits per heavy atom. The van der Waals surface area contributed by atoms with Crippen LogP contribution >= 0.6 is 11.3 Å². The number of carboxylic acid groups (broad SMARTS) is 1. The van der Waals surface area contributed by atoms with Crippen LogP contribution in [-0.4, -0.2) is 29.3 Å². The number of hydrogen-bond donors (Lipinski definition) is 2. The van der Waals surface area contributed by atoms with E-state index in [4.69, 9.17) is 9.84 Å². The van der Waals surface area contributed by atoms with Crippen molar-refractivity contribution in [2.45, 2.75) is 26.2 Å². The highest BCUT2D eigenvalue weighted by atomic mass is 32.1. The maximum absolute atomic E-state index is 12.3. The van der Waals surface area contributed by atoms with Gasteiger partial charge in [-0.2, -0.15) is 4.73 Å². The second kappa shape index (κ2) is 7.52. The first-order valence-corrected chi connectivity index (χ1v) is 8.95. The van der Waals surface area contributed by atoms with Crippen LogP contribution in [0.1, 0.15) is 24.8 Å². The molecule has 3 rings (SSSR count). The van der Waals surface area contributed by atoms with Gasteiger partial charge in [0.15, 0.2) is 0 Å². The van der Waals surface area contributed by atoms with Gasteiger partial charge in [-0.1, -0.05) is 6.92 Å². The van der Waals surface area contributed by atoms with Gasteiger partial charge in [0.1, 0.15) is 11.3 Å². The quantitative estimate of drug-likeness (QED) is 0.383. The number of aryl methyl sites for hydroxylation is 1. The summed E-state index contributed by atoms with van der Waals surface area (Å²) in [5.41, 5.74) is 1.27. The van der Waals surface area contributed by atoms with E-state index < -0.39 is 6.09 Å². The molecule has 2 aromatic heterocycles. The molecule has 0 atom stereocenters. The van der Waals surface area contributed by atoms with E-state index in [1.165, 1.54) is 6.20 Å². The van der Waals surface area contributed by atoms with Crippen molar-refractivity contribution in [3.8, 4) is 5.75 Å². The van der Waals surface area contributed by atoms with Crippen LogP contribution in [0.4, 0.5) is 4.79 Å². The van der Waals surface area contributed by atoms with Gasteiger partial charge >= 0.3 is 6.09 Å². The lowest BCUT2D eigenvalue weighted by Gasteiger charge is -2.08. The average Bonchev–Trinajstić information content (AvgIpc) is 2.97. The molecule has 0 radical (unpaired) electrons. The Kier molecular flexibility index (Phi) is 5.18. The number of nitrogens with zero attached hydrogens (tertiary/aromatic N) is 2. The molecule has 0 aliphatic heterocycles. The zero-order chi connectivity index (χ0) is 17.8. The normalized spacial score (nSPS) is 11.1. The molecule has 25 heavy (non-hydrogen) atoms. The number of nitrogens with one attached hydrogen (secondary N) is 1. The van der Waals surface area contributed by atoms with E-state index in [0.29, 0.717) is 30.8 Å². The summed E-state index contributed by atoms with van der Waals surface area (Å²) in [5.74, 6) is 0.588. The van der Waals surface area contributed by atoms with Gasteiger partial charge in [0, 0.05) is 6.54 Å². The first kappa shape index (κ1) is 17.2. The van der Waals surface area contributed by atoms with E-state index in [0.717, 1.165) is 38.2 Å². The topological polar surface area (TPSA) is 98.4 Å². The molecule has 3 aromatic rings. The Bertz CT molecular complexity index is 910. The van der Waals surface area contributed by atoms with E-state index >= 15 is 0 Å². The van der Waals surface area contributed by atoms with Crippen molar-refractivity contribution in [2.75, 3.05) is 13.2 Å². The monoisotopic (exact) mass is 361 g/mol. The summed E-state index contributed by atoms with van der Waals surface area (Å²) in [6, 6.07) is 5.42. The van der Waals surface area contributed by atoms with E-state index in [-0.39, 0.29) is 0 Å². The van der Waals surface area contributed by atoms with Gasteiger partial charge in [-0.15, -0.1) is 11.3 Å². The number of carbonyl (C=O) groups is 1. The number of amides is 1. The second-order valence-corrected chi connectivity index (χ2v) is 6.72. The van der Waals surface area contributed by atoms with Crippen LogP contribution in [0.2, 0.25) is 0 Å². The van der Waals surface area contributed by atoms with Crippen LogP contribution in [0.3, 0.4) is 0 Å². The summed E-state index contributed by atoms with van der Waals surface area (Å²) in [6.07, 6.45) is 2.94. The molecule has 0 bridgehead atoms. The Morgan fingerprint density at radius 1 is 1.48 bits per heavy atom. The predicted octanol–water partition coefficient (Wildman–Crippen LogP) is 3.07. The summed E-state index contributed by atoms with van der Waals surface area (Å²) in [6.45, 7) is 2.80. The zero-order valence-corrected chi connectivity index (χ0v) is 14.6. The van der Waals surface area contributed by atoms with Crippen LogP contribution in [0.15, 0.2) is 24.4 Å². The molecule has 0 fully saturated rings. The lowest BCUT2D eigenvalue weighted by molar-refractivity contribution is -0.575. The largest absolute Gasteiger partial charge is 0.618 e. The minimum absolute atomic E-state index is 0.326. The molecular formula is C17H19N3O4S. The van der Waals surface area contributed by atoms with Crippen molar-refractivity contribution < 1.29 is 19.4 Å². The van der Waals surface area contributed by atoms with Gasteiger partial charge in [0.2, 0.25) is 11.7 Å². The Hall–Kier alpha value is -2.61. The van der Waals surface area contributed by atoms with Crippen molar-refractivity contribution in [3.63, 3.8) is 0 Å². The van der Waals surface area contributed by atoms with Crippen molar-refractivity contribution >= 4 is 38.5 Å². The van der Waals surface area contributed by atoms with Gasteiger partial charge in [-0.25, -0.2) is 9.78 Å². The highest BCUT2D eigenvalue weighted by Crippen LogP contribution is 2.30. The molecular weight excluding hydrogens is 342 g/mol. The molecule has 132 valence electrons. The van der Waals surface area contributed by atoms with Crippen molar-refractivity contribution in [3.05, 3.63) is 34.6 Å². The van der Waals surface area contributed by atoms with Crippen LogP contribution in [0.25, 0.3) is 21.1 Å². The van der Waals surface area contributed by atoms with Gasteiger partial charge in [-0.05, 0) is 31.4 Å². The highest BCUT2D eigenvalue weighted by molar-refractivity contribution is 7.19. The molecule has 0 saturated heterocycles. The third-order valence-corrected chi connectivity index (χ3v) is 4.88. The number of ether oxygens (including phenoxy) is 1. The predicted molar refractivity (Wildman–Crippen MR) is 96.2 cm³/mol. The first-order valence-electron chi connectivity index (χ1n) is 8.13. The van der Waals surface area contributed by atoms with E-state index in [2.05, 4.69) is 17.2 Å². The highest BCUT2D eigenvalue weighted by Gasteiger charge is 2.15. The third kappa shape index (κ3) is 3.90. The first-order chi connectivity index (χ1) is 12.1. The van der Waals surface area contributed by atoms with Crippen LogP contribution in [-0.2, 0) is 6.42 Å². The maximum atomic E-state index is 12.3. The molecule has 0 unspecified atom stereocenters. The van der Waals surface area contributed by atoms with E-state index in [1.54, 1.807) is 17.4 Å². The summed E-state index contributed by atoms with van der Waals surface area (Å²) in [4.78, 5) is 14.9. The maximum Gasteiger partial charge on any atom is 0.404 e. The third-order valence-electron chi connectivity index (χ3n) is 3.72. The Morgan fingerprint density at radius 3 is 3.08 bits per heavy atom. The molecule has 8 heteroatoms. The molecule has 2 N–H and O–H groups in total. The molecule has 0 aliphatic rings. The number of benzene rings is 1. The van der Waals surface area contributed by atoms with Gasteiger partial charge in [0.25, 0.3) is 0 Å². The Balaban J connectivity index is 1.81. The second-order valence-electron chi connectivity index (χ2n) is 5.64. The number of rotatable bonds is 7. The van der Waals surface area contributed by atoms with Crippen molar-refractivity contribution in [2.24, 2.45) is 0 Å². The number of fused-ring (bicyclic) bond motifs is 3. The summed E-state index contributed by atoms with van der Waals surface area (Å²) < 4.78 is 7.45. The fourth-order valence-corrected chi connectivity index (χ4v) is 3.76. The molecule has 0 spiro atoms. The minimum Gasteiger partial charge on any atom is -0.618 e. The fraction of sp³-hybridized carbons (Fsp3) is 0.353. The van der Waals surface area contributed by atoms with Gasteiger partial charge in [-0.3, -0.25) is 0 Å². The van der Waals surface area contributed by atoms with Crippen molar-refractivity contribution in [1.29, 1.82) is 0 Å². The SMILES string of the molecule is CCCc1nc2c[n+]([O-])c3cc(OCCCNC(=O)O)ccc3c2s1. The number of pyridine rings is 1. The molecule has 1 amide bonds. The lowest BCUT2D eigenvalue weighted by atomic mass is 10.2. The Labute approximate surface area is 148 Å². The molecule has 0 saturated carbocycles. The summed E-state index contributed by atoms with van der Waals surface area (Å²) in [5, 5.41) is 25.0. The summed E-state index contributed by atoms with van der Waals surface area (Å²) >= 11 is 1.63. The molecule has 0 aliphatic carbocycles. The van der Waals surface area contributed by atoms with Crippen molar-refractivity contribution in [1.82, 2.24) is 10.3 Å². The van der Waals surface area contributed by atoms with Crippen LogP contribution in [0, 0.1) is 5.21 Å². The molecule has 2 heterocycles. The minimum atomic E-state index is -1.05. The average molecular weight is 361 g/mol. The number of thiazole rings is 1.